The van der Waals surface area contributed by atoms with E-state index in [2.05, 4.69) is 10.6 Å². The number of aromatic hydroxyl groups is 2. The molecule has 0 aliphatic heterocycles. The van der Waals surface area contributed by atoms with Crippen LogP contribution in [0.3, 0.4) is 0 Å². The topological polar surface area (TPSA) is 98.7 Å². The minimum absolute atomic E-state index is 0.0590. The molecule has 0 saturated carbocycles. The van der Waals surface area contributed by atoms with Gasteiger partial charge in [0.25, 0.3) is 5.91 Å². The molecule has 0 atom stereocenters. The van der Waals surface area contributed by atoms with Crippen molar-refractivity contribution in [1.29, 1.82) is 0 Å². The SMILES string of the molecule is CCNC(=O)CCNC(=O)c1ccc(O)cc1O. The van der Waals surface area contributed by atoms with Crippen molar-refractivity contribution in [1.82, 2.24) is 10.6 Å². The Bertz CT molecular complexity index is 446. The van der Waals surface area contributed by atoms with Gasteiger partial charge in [-0.2, -0.15) is 0 Å². The number of phenolic OH excluding ortho intramolecular Hbond substituents is 2. The third kappa shape index (κ3) is 3.97. The first-order chi connectivity index (χ1) is 8.54. The molecule has 0 aliphatic carbocycles. The number of benzene rings is 1. The van der Waals surface area contributed by atoms with Gasteiger partial charge in [-0.25, -0.2) is 0 Å². The molecule has 1 rings (SSSR count). The number of amides is 2. The lowest BCUT2D eigenvalue weighted by Crippen LogP contribution is -2.30. The Labute approximate surface area is 105 Å². The van der Waals surface area contributed by atoms with Crippen molar-refractivity contribution >= 4 is 11.8 Å². The highest BCUT2D eigenvalue weighted by molar-refractivity contribution is 5.97. The largest absolute Gasteiger partial charge is 0.508 e. The highest BCUT2D eigenvalue weighted by Gasteiger charge is 2.11. The first-order valence-electron chi connectivity index (χ1n) is 5.61. The van der Waals surface area contributed by atoms with Crippen LogP contribution < -0.4 is 10.6 Å². The lowest BCUT2D eigenvalue weighted by Gasteiger charge is -2.07. The summed E-state index contributed by atoms with van der Waals surface area (Å²) in [4.78, 5) is 22.8. The van der Waals surface area contributed by atoms with Crippen molar-refractivity contribution in [3.05, 3.63) is 23.8 Å². The lowest BCUT2D eigenvalue weighted by atomic mass is 10.2. The molecule has 0 saturated heterocycles. The Morgan fingerprint density at radius 3 is 2.56 bits per heavy atom. The van der Waals surface area contributed by atoms with E-state index in [0.717, 1.165) is 6.07 Å². The molecule has 98 valence electrons. The maximum atomic E-state index is 11.6. The van der Waals surface area contributed by atoms with Gasteiger partial charge in [-0.05, 0) is 19.1 Å². The Hall–Kier alpha value is -2.24. The molecule has 0 heterocycles. The van der Waals surface area contributed by atoms with Crippen molar-refractivity contribution in [3.63, 3.8) is 0 Å². The maximum Gasteiger partial charge on any atom is 0.255 e. The molecule has 0 spiro atoms. The third-order valence-corrected chi connectivity index (χ3v) is 2.24. The average Bonchev–Trinajstić information content (AvgIpc) is 2.29. The number of rotatable bonds is 5. The molecule has 0 bridgehead atoms. The quantitative estimate of drug-likeness (QED) is 0.608. The number of nitrogens with one attached hydrogen (secondary N) is 2. The van der Waals surface area contributed by atoms with E-state index in [4.69, 9.17) is 5.11 Å². The summed E-state index contributed by atoms with van der Waals surface area (Å²) in [6.45, 7) is 2.54. The van der Waals surface area contributed by atoms with Gasteiger partial charge in [0.05, 0.1) is 5.56 Å². The third-order valence-electron chi connectivity index (χ3n) is 2.24. The van der Waals surface area contributed by atoms with Crippen LogP contribution in [0.25, 0.3) is 0 Å². The van der Waals surface area contributed by atoms with E-state index in [1.807, 2.05) is 6.92 Å². The molecule has 18 heavy (non-hydrogen) atoms. The van der Waals surface area contributed by atoms with Crippen LogP contribution in [-0.4, -0.2) is 35.1 Å². The van der Waals surface area contributed by atoms with Crippen LogP contribution in [0, 0.1) is 0 Å². The average molecular weight is 252 g/mol. The molecule has 0 fully saturated rings. The molecular weight excluding hydrogens is 236 g/mol. The van der Waals surface area contributed by atoms with Crippen LogP contribution in [-0.2, 0) is 4.79 Å². The fraction of sp³-hybridized carbons (Fsp3) is 0.333. The number of hydrogen-bond donors (Lipinski definition) is 4. The first-order valence-corrected chi connectivity index (χ1v) is 5.61. The van der Waals surface area contributed by atoms with E-state index >= 15 is 0 Å². The summed E-state index contributed by atoms with van der Waals surface area (Å²) in [5.41, 5.74) is 0.0590. The van der Waals surface area contributed by atoms with E-state index < -0.39 is 5.91 Å². The second kappa shape index (κ2) is 6.48. The van der Waals surface area contributed by atoms with Gasteiger partial charge in [0.15, 0.2) is 0 Å². The molecule has 1 aromatic rings. The second-order valence-corrected chi connectivity index (χ2v) is 3.66. The van der Waals surface area contributed by atoms with Gasteiger partial charge < -0.3 is 20.8 Å². The highest BCUT2D eigenvalue weighted by atomic mass is 16.3. The molecule has 1 aromatic carbocycles. The van der Waals surface area contributed by atoms with Gasteiger partial charge >= 0.3 is 0 Å². The Balaban J connectivity index is 2.48. The minimum Gasteiger partial charge on any atom is -0.508 e. The molecule has 6 heteroatoms. The zero-order valence-electron chi connectivity index (χ0n) is 10.1. The van der Waals surface area contributed by atoms with Gasteiger partial charge in [0.2, 0.25) is 5.91 Å². The summed E-state index contributed by atoms with van der Waals surface area (Å²) >= 11 is 0. The van der Waals surface area contributed by atoms with Crippen molar-refractivity contribution < 1.29 is 19.8 Å². The molecule has 0 unspecified atom stereocenters. The van der Waals surface area contributed by atoms with E-state index in [-0.39, 0.29) is 35.9 Å². The van der Waals surface area contributed by atoms with Crippen molar-refractivity contribution in [2.75, 3.05) is 13.1 Å². The Morgan fingerprint density at radius 1 is 1.22 bits per heavy atom. The van der Waals surface area contributed by atoms with Crippen LogP contribution in [0.5, 0.6) is 11.5 Å². The summed E-state index contributed by atoms with van der Waals surface area (Å²) in [6.07, 6.45) is 0.179. The maximum absolute atomic E-state index is 11.6. The van der Waals surface area contributed by atoms with Crippen molar-refractivity contribution in [2.45, 2.75) is 13.3 Å². The molecule has 0 radical (unpaired) electrons. The minimum atomic E-state index is -0.489. The predicted octanol–water partition coefficient (Wildman–Crippen LogP) is 0.354. The fourth-order valence-electron chi connectivity index (χ4n) is 1.38. The standard InChI is InChI=1S/C12H16N2O4/c1-2-13-11(17)5-6-14-12(18)9-4-3-8(15)7-10(9)16/h3-4,7,15-16H,2,5-6H2,1H3,(H,13,17)(H,14,18). The molecule has 0 aromatic heterocycles. The van der Waals surface area contributed by atoms with Gasteiger partial charge in [-0.3, -0.25) is 9.59 Å². The zero-order chi connectivity index (χ0) is 13.5. The predicted molar refractivity (Wildman–Crippen MR) is 65.4 cm³/mol. The monoisotopic (exact) mass is 252 g/mol. The van der Waals surface area contributed by atoms with E-state index in [0.29, 0.717) is 6.54 Å². The molecule has 6 nitrogen and oxygen atoms in total. The summed E-state index contributed by atoms with van der Waals surface area (Å²) in [6, 6.07) is 3.70. The number of carbonyl (C=O) groups excluding carboxylic acids is 2. The summed E-state index contributed by atoms with van der Waals surface area (Å²) in [7, 11) is 0. The van der Waals surface area contributed by atoms with Crippen LogP contribution in [0.2, 0.25) is 0 Å². The molecular formula is C12H16N2O4. The molecule has 2 amide bonds. The number of hydrogen-bond acceptors (Lipinski definition) is 4. The number of phenols is 2. The lowest BCUT2D eigenvalue weighted by molar-refractivity contribution is -0.120. The van der Waals surface area contributed by atoms with Gasteiger partial charge in [-0.15, -0.1) is 0 Å². The van der Waals surface area contributed by atoms with Crippen molar-refractivity contribution in [2.24, 2.45) is 0 Å². The fourth-order valence-corrected chi connectivity index (χ4v) is 1.38. The highest BCUT2D eigenvalue weighted by Crippen LogP contribution is 2.22. The van der Waals surface area contributed by atoms with Gasteiger partial charge in [-0.1, -0.05) is 0 Å². The van der Waals surface area contributed by atoms with Gasteiger partial charge in [0, 0.05) is 25.6 Å². The van der Waals surface area contributed by atoms with Crippen LogP contribution in [0.1, 0.15) is 23.7 Å². The molecule has 4 N–H and O–H groups in total. The smallest absolute Gasteiger partial charge is 0.255 e. The summed E-state index contributed by atoms with van der Waals surface area (Å²) in [5.74, 6) is -1.05. The molecule has 0 aliphatic rings. The second-order valence-electron chi connectivity index (χ2n) is 3.66. The Kier molecular flexibility index (Phi) is 4.98. The number of carbonyl (C=O) groups is 2. The van der Waals surface area contributed by atoms with E-state index in [1.54, 1.807) is 0 Å². The van der Waals surface area contributed by atoms with Crippen LogP contribution >= 0.6 is 0 Å². The van der Waals surface area contributed by atoms with Crippen LogP contribution in [0.15, 0.2) is 18.2 Å². The summed E-state index contributed by atoms with van der Waals surface area (Å²) in [5, 5.41) is 23.6. The van der Waals surface area contributed by atoms with Gasteiger partial charge in [0.1, 0.15) is 11.5 Å². The van der Waals surface area contributed by atoms with Crippen molar-refractivity contribution in [3.8, 4) is 11.5 Å². The normalized spacial score (nSPS) is 9.83. The van der Waals surface area contributed by atoms with E-state index in [9.17, 15) is 14.7 Å². The first kappa shape index (κ1) is 13.8. The summed E-state index contributed by atoms with van der Waals surface area (Å²) < 4.78 is 0. The zero-order valence-corrected chi connectivity index (χ0v) is 10.1. The van der Waals surface area contributed by atoms with Crippen LogP contribution in [0.4, 0.5) is 0 Å². The Morgan fingerprint density at radius 2 is 1.94 bits per heavy atom. The van der Waals surface area contributed by atoms with E-state index in [1.165, 1.54) is 12.1 Å².